The third-order valence-electron chi connectivity index (χ3n) is 4.63. The number of non-ortho nitro benzene ring substituents is 1. The molecule has 0 aliphatic carbocycles. The van der Waals surface area contributed by atoms with Gasteiger partial charge < -0.3 is 4.57 Å². The molecular weight excluding hydrogens is 458 g/mol. The van der Waals surface area contributed by atoms with E-state index in [2.05, 4.69) is 37.6 Å². The molecule has 0 radical (unpaired) electrons. The lowest BCUT2D eigenvalue weighted by atomic mass is 10.2. The smallest absolute Gasteiger partial charge is 0.270 e. The molecule has 0 spiro atoms. The van der Waals surface area contributed by atoms with E-state index in [1.54, 1.807) is 22.9 Å². The fourth-order valence-electron chi connectivity index (χ4n) is 3.08. The van der Waals surface area contributed by atoms with Gasteiger partial charge in [-0.05, 0) is 12.1 Å². The minimum absolute atomic E-state index is 0.0494. The number of rotatable bonds is 10. The molecule has 1 amide bonds. The van der Waals surface area contributed by atoms with Gasteiger partial charge in [0.15, 0.2) is 11.0 Å². The molecule has 2 heterocycles. The van der Waals surface area contributed by atoms with Crippen LogP contribution in [0.5, 0.6) is 0 Å². The maximum absolute atomic E-state index is 12.2. The molecule has 13 heteroatoms. The lowest BCUT2D eigenvalue weighted by molar-refractivity contribution is -0.384. The number of thioether (sulfide) groups is 1. The van der Waals surface area contributed by atoms with Gasteiger partial charge in [-0.1, -0.05) is 47.3 Å². The molecule has 172 valence electrons. The topological polar surface area (TPSA) is 146 Å². The molecule has 0 atom stereocenters. The number of hydrogen-bond acceptors (Lipinski definition) is 9. The lowest BCUT2D eigenvalue weighted by Gasteiger charge is -2.07. The largest absolute Gasteiger partial charge is 0.301 e. The number of hydrogen-bond donors (Lipinski definition) is 1. The van der Waals surface area contributed by atoms with Crippen molar-refractivity contribution in [2.45, 2.75) is 18.2 Å². The summed E-state index contributed by atoms with van der Waals surface area (Å²) in [6.45, 7) is 4.61. The number of nitrogens with one attached hydrogen (secondary N) is 1. The number of amides is 1. The van der Waals surface area contributed by atoms with Crippen molar-refractivity contribution in [2.24, 2.45) is 5.10 Å². The second kappa shape index (κ2) is 10.5. The first-order valence-corrected chi connectivity index (χ1v) is 11.0. The number of allylic oxidation sites excluding steroid dienone is 1. The first kappa shape index (κ1) is 22.8. The van der Waals surface area contributed by atoms with Crippen LogP contribution in [0.3, 0.4) is 0 Å². The molecule has 4 rings (SSSR count). The summed E-state index contributed by atoms with van der Waals surface area (Å²) in [5.41, 5.74) is 4.52. The highest BCUT2D eigenvalue weighted by Crippen LogP contribution is 2.19. The molecule has 2 aromatic heterocycles. The third kappa shape index (κ3) is 5.32. The first-order valence-electron chi connectivity index (χ1n) is 10.1. The Hall–Kier alpha value is -4.39. The van der Waals surface area contributed by atoms with Crippen molar-refractivity contribution in [3.63, 3.8) is 0 Å². The van der Waals surface area contributed by atoms with Crippen LogP contribution in [0.1, 0.15) is 11.4 Å². The van der Waals surface area contributed by atoms with Crippen molar-refractivity contribution >= 4 is 40.6 Å². The summed E-state index contributed by atoms with van der Waals surface area (Å²) in [6.07, 6.45) is 3.07. The van der Waals surface area contributed by atoms with Crippen LogP contribution in [0.2, 0.25) is 0 Å². The quantitative estimate of drug-likeness (QED) is 0.120. The maximum atomic E-state index is 12.2. The van der Waals surface area contributed by atoms with Crippen molar-refractivity contribution in [2.75, 3.05) is 5.75 Å². The van der Waals surface area contributed by atoms with Gasteiger partial charge in [0.05, 0.1) is 22.4 Å². The Morgan fingerprint density at radius 2 is 2.06 bits per heavy atom. The van der Waals surface area contributed by atoms with Crippen LogP contribution >= 0.6 is 11.8 Å². The molecule has 0 unspecified atom stereocenters. The highest BCUT2D eigenvalue weighted by molar-refractivity contribution is 7.99. The van der Waals surface area contributed by atoms with Crippen molar-refractivity contribution in [3.8, 4) is 0 Å². The number of nitro groups is 1. The Morgan fingerprint density at radius 1 is 1.21 bits per heavy atom. The molecule has 0 saturated heterocycles. The van der Waals surface area contributed by atoms with Crippen LogP contribution < -0.4 is 5.43 Å². The molecule has 12 nitrogen and oxygen atoms in total. The predicted octanol–water partition coefficient (Wildman–Crippen LogP) is 2.41. The molecule has 1 N–H and O–H groups in total. The molecule has 4 aromatic rings. The van der Waals surface area contributed by atoms with E-state index in [1.165, 1.54) is 30.1 Å². The average Bonchev–Trinajstić information content (AvgIpc) is 3.42. The highest BCUT2D eigenvalue weighted by atomic mass is 32.2. The van der Waals surface area contributed by atoms with E-state index in [9.17, 15) is 14.9 Å². The Labute approximate surface area is 197 Å². The number of carbonyl (C=O) groups is 1. The predicted molar refractivity (Wildman–Crippen MR) is 126 cm³/mol. The Balaban J connectivity index is 1.38. The van der Waals surface area contributed by atoms with Crippen molar-refractivity contribution < 1.29 is 9.72 Å². The summed E-state index contributed by atoms with van der Waals surface area (Å²) >= 11 is 1.21. The zero-order valence-corrected chi connectivity index (χ0v) is 18.6. The van der Waals surface area contributed by atoms with Gasteiger partial charge in [0.2, 0.25) is 0 Å². The fourth-order valence-corrected chi connectivity index (χ4v) is 3.84. The summed E-state index contributed by atoms with van der Waals surface area (Å²) < 4.78 is 3.59. The van der Waals surface area contributed by atoms with Crippen molar-refractivity contribution in [1.82, 2.24) is 35.2 Å². The molecule has 34 heavy (non-hydrogen) atoms. The zero-order chi connectivity index (χ0) is 23.9. The van der Waals surface area contributed by atoms with Crippen LogP contribution in [-0.2, 0) is 17.9 Å². The van der Waals surface area contributed by atoms with E-state index in [0.717, 1.165) is 11.0 Å². The number of nitro benzene ring substituents is 1. The molecule has 2 aromatic carbocycles. The van der Waals surface area contributed by atoms with Crippen molar-refractivity contribution in [1.29, 1.82) is 0 Å². The van der Waals surface area contributed by atoms with E-state index in [-0.39, 0.29) is 17.3 Å². The normalized spacial score (nSPS) is 11.2. The number of hydrazone groups is 1. The number of benzene rings is 2. The van der Waals surface area contributed by atoms with Crippen molar-refractivity contribution in [3.05, 3.63) is 82.7 Å². The summed E-state index contributed by atoms with van der Waals surface area (Å²) in [7, 11) is 0. The van der Waals surface area contributed by atoms with Gasteiger partial charge in [-0.3, -0.25) is 14.9 Å². The SMILES string of the molecule is C=CCn1c(Cn2nnc3ccccc32)nnc1SCC(=O)N/N=C/c1cccc([N+](=O)[O-])c1. The van der Waals surface area contributed by atoms with Crippen LogP contribution in [0, 0.1) is 10.1 Å². The monoisotopic (exact) mass is 477 g/mol. The first-order chi connectivity index (χ1) is 16.5. The second-order valence-corrected chi connectivity index (χ2v) is 7.91. The van der Waals surface area contributed by atoms with Gasteiger partial charge in [-0.25, -0.2) is 10.1 Å². The zero-order valence-electron chi connectivity index (χ0n) is 17.8. The van der Waals surface area contributed by atoms with E-state index in [4.69, 9.17) is 0 Å². The van der Waals surface area contributed by atoms with E-state index < -0.39 is 4.92 Å². The Bertz CT molecular complexity index is 1380. The van der Waals surface area contributed by atoms with Gasteiger partial charge in [0.1, 0.15) is 12.1 Å². The van der Waals surface area contributed by atoms with Crippen LogP contribution in [0.4, 0.5) is 5.69 Å². The average molecular weight is 478 g/mol. The number of aromatic nitrogens is 6. The standard InChI is InChI=1S/C21H19N9O3S/c1-2-10-28-19(13-29-18-9-4-3-8-17(18)23-27-29)24-26-21(28)34-14-20(31)25-22-12-15-6-5-7-16(11-15)30(32)33/h2-9,11-12H,1,10,13-14H2,(H,25,31)/b22-12+. The van der Waals surface area contributed by atoms with Crippen LogP contribution in [0.15, 0.2) is 71.4 Å². The fraction of sp³-hybridized carbons (Fsp3) is 0.143. The second-order valence-electron chi connectivity index (χ2n) is 6.97. The molecule has 0 fully saturated rings. The van der Waals surface area contributed by atoms with Crippen LogP contribution in [-0.4, -0.2) is 52.6 Å². The minimum Gasteiger partial charge on any atom is -0.301 e. The molecule has 0 aliphatic rings. The summed E-state index contributed by atoms with van der Waals surface area (Å²) in [5.74, 6) is 0.346. The maximum Gasteiger partial charge on any atom is 0.270 e. The van der Waals surface area contributed by atoms with E-state index in [0.29, 0.717) is 29.6 Å². The lowest BCUT2D eigenvalue weighted by Crippen LogP contribution is -2.20. The number of para-hydroxylation sites is 1. The third-order valence-corrected chi connectivity index (χ3v) is 5.60. The van der Waals surface area contributed by atoms with Gasteiger partial charge in [-0.15, -0.1) is 21.9 Å². The van der Waals surface area contributed by atoms with Gasteiger partial charge >= 0.3 is 0 Å². The van der Waals surface area contributed by atoms with E-state index >= 15 is 0 Å². The van der Waals surface area contributed by atoms with Crippen LogP contribution in [0.25, 0.3) is 11.0 Å². The summed E-state index contributed by atoms with van der Waals surface area (Å²) in [6, 6.07) is 13.6. The summed E-state index contributed by atoms with van der Waals surface area (Å²) in [4.78, 5) is 22.6. The molecular formula is C21H19N9O3S. The number of nitrogens with zero attached hydrogens (tertiary/aromatic N) is 8. The Kier molecular flexibility index (Phi) is 7.03. The van der Waals surface area contributed by atoms with Gasteiger partial charge in [0, 0.05) is 24.2 Å². The van der Waals surface area contributed by atoms with E-state index in [1.807, 2.05) is 28.8 Å². The van der Waals surface area contributed by atoms with Gasteiger partial charge in [0.25, 0.3) is 11.6 Å². The Morgan fingerprint density at radius 3 is 2.88 bits per heavy atom. The highest BCUT2D eigenvalue weighted by Gasteiger charge is 2.15. The molecule has 0 bridgehead atoms. The molecule has 0 aliphatic heterocycles. The number of carbonyl (C=O) groups excluding carboxylic acids is 1. The van der Waals surface area contributed by atoms with Gasteiger partial charge in [-0.2, -0.15) is 5.10 Å². The number of fused-ring (bicyclic) bond motifs is 1. The summed E-state index contributed by atoms with van der Waals surface area (Å²) in [5, 5.41) is 32.1. The molecule has 0 saturated carbocycles. The minimum atomic E-state index is -0.494.